The number of aromatic nitrogens is 3. The lowest BCUT2D eigenvalue weighted by molar-refractivity contribution is 0.102. The summed E-state index contributed by atoms with van der Waals surface area (Å²) >= 11 is 1.41. The van der Waals surface area contributed by atoms with E-state index in [0.717, 1.165) is 35.4 Å². The van der Waals surface area contributed by atoms with E-state index in [1.807, 2.05) is 54.0 Å². The maximum absolute atomic E-state index is 12.9. The molecule has 30 heavy (non-hydrogen) atoms. The summed E-state index contributed by atoms with van der Waals surface area (Å²) in [5, 5.41) is 9.50. The third-order valence-electron chi connectivity index (χ3n) is 5.50. The minimum atomic E-state index is 0.110. The first-order valence-corrected chi connectivity index (χ1v) is 11.0. The quantitative estimate of drug-likeness (QED) is 0.316. The van der Waals surface area contributed by atoms with Crippen molar-refractivity contribution >= 4 is 17.5 Å². The molecule has 0 fully saturated rings. The zero-order valence-electron chi connectivity index (χ0n) is 16.7. The number of carbonyl (C=O) groups excluding carboxylic acids is 1. The molecule has 4 aromatic rings. The van der Waals surface area contributed by atoms with E-state index in [1.165, 1.54) is 29.3 Å². The van der Waals surface area contributed by atoms with Crippen molar-refractivity contribution in [2.75, 3.05) is 5.75 Å². The Bertz CT molecular complexity index is 1210. The van der Waals surface area contributed by atoms with Crippen LogP contribution in [0.2, 0.25) is 0 Å². The van der Waals surface area contributed by atoms with Gasteiger partial charge in [0.15, 0.2) is 16.8 Å². The minimum Gasteiger partial charge on any atom is -0.469 e. The van der Waals surface area contributed by atoms with Gasteiger partial charge in [-0.15, -0.1) is 10.2 Å². The Balaban J connectivity index is 1.44. The van der Waals surface area contributed by atoms with E-state index < -0.39 is 0 Å². The number of benzene rings is 2. The van der Waals surface area contributed by atoms with Crippen LogP contribution in [0.5, 0.6) is 0 Å². The van der Waals surface area contributed by atoms with Gasteiger partial charge >= 0.3 is 0 Å². The summed E-state index contributed by atoms with van der Waals surface area (Å²) in [6.07, 6.45) is 5.02. The largest absolute Gasteiger partial charge is 0.469 e. The molecule has 0 spiro atoms. The molecule has 0 atom stereocenters. The second-order valence-corrected chi connectivity index (χ2v) is 8.36. The maximum Gasteiger partial charge on any atom is 0.196 e. The Morgan fingerprint density at radius 3 is 2.70 bits per heavy atom. The predicted octanol–water partition coefficient (Wildman–Crippen LogP) is 5.30. The number of hydrogen-bond donors (Lipinski definition) is 0. The van der Waals surface area contributed by atoms with Crippen LogP contribution in [-0.2, 0) is 12.8 Å². The smallest absolute Gasteiger partial charge is 0.196 e. The molecule has 5 nitrogen and oxygen atoms in total. The number of furan rings is 1. The van der Waals surface area contributed by atoms with E-state index in [1.54, 1.807) is 6.26 Å². The average Bonchev–Trinajstić information content (AvgIpc) is 3.51. The van der Waals surface area contributed by atoms with Crippen LogP contribution in [0.1, 0.15) is 33.7 Å². The predicted molar refractivity (Wildman–Crippen MR) is 117 cm³/mol. The fourth-order valence-corrected chi connectivity index (χ4v) is 4.77. The van der Waals surface area contributed by atoms with Crippen LogP contribution in [0.25, 0.3) is 17.1 Å². The summed E-state index contributed by atoms with van der Waals surface area (Å²) in [4.78, 5) is 12.9. The molecule has 6 heteroatoms. The van der Waals surface area contributed by atoms with E-state index in [2.05, 4.69) is 22.3 Å². The molecule has 5 rings (SSSR count). The highest BCUT2D eigenvalue weighted by atomic mass is 32.2. The number of aryl methyl sites for hydroxylation is 3. The number of nitrogens with zero attached hydrogens (tertiary/aromatic N) is 3. The number of carbonyl (C=O) groups is 1. The van der Waals surface area contributed by atoms with Gasteiger partial charge < -0.3 is 4.42 Å². The SMILES string of the molecule is Cc1occc1-c1nnc(SCC(=O)c2ccc3c(c2)CCC3)n1-c1ccccc1. The molecule has 0 aliphatic heterocycles. The van der Waals surface area contributed by atoms with Crippen molar-refractivity contribution in [3.8, 4) is 17.1 Å². The number of para-hydroxylation sites is 1. The average molecular weight is 416 g/mol. The second-order valence-electron chi connectivity index (χ2n) is 7.42. The van der Waals surface area contributed by atoms with Crippen LogP contribution >= 0.6 is 11.8 Å². The number of ketones is 1. The van der Waals surface area contributed by atoms with Gasteiger partial charge in [-0.25, -0.2) is 0 Å². The molecule has 0 N–H and O–H groups in total. The van der Waals surface area contributed by atoms with Crippen LogP contribution in [0.4, 0.5) is 0 Å². The van der Waals surface area contributed by atoms with Gasteiger partial charge in [-0.3, -0.25) is 9.36 Å². The van der Waals surface area contributed by atoms with E-state index in [4.69, 9.17) is 4.42 Å². The standard InChI is InChI=1S/C24H21N3O2S/c1-16-21(12-13-29-16)23-25-26-24(27(23)20-8-3-2-4-9-20)30-15-22(28)19-11-10-17-6-5-7-18(17)14-19/h2-4,8-14H,5-7,15H2,1H3. The Labute approximate surface area is 179 Å². The number of thioether (sulfide) groups is 1. The van der Waals surface area contributed by atoms with Crippen LogP contribution in [0, 0.1) is 6.92 Å². The van der Waals surface area contributed by atoms with Crippen LogP contribution in [0.15, 0.2) is 70.4 Å². The second kappa shape index (κ2) is 7.95. The summed E-state index contributed by atoms with van der Waals surface area (Å²) in [5.41, 5.74) is 5.31. The Morgan fingerprint density at radius 2 is 1.90 bits per heavy atom. The fourth-order valence-electron chi connectivity index (χ4n) is 3.92. The van der Waals surface area contributed by atoms with Crippen molar-refractivity contribution in [2.24, 2.45) is 0 Å². The topological polar surface area (TPSA) is 60.9 Å². The van der Waals surface area contributed by atoms with Gasteiger partial charge in [0.1, 0.15) is 5.76 Å². The highest BCUT2D eigenvalue weighted by Crippen LogP contribution is 2.31. The molecule has 0 amide bonds. The number of fused-ring (bicyclic) bond motifs is 1. The number of hydrogen-bond acceptors (Lipinski definition) is 5. The van der Waals surface area contributed by atoms with Gasteiger partial charge in [0.2, 0.25) is 0 Å². The third kappa shape index (κ3) is 3.48. The summed E-state index contributed by atoms with van der Waals surface area (Å²) < 4.78 is 7.45. The molecule has 150 valence electrons. The molecule has 0 radical (unpaired) electrons. The fraction of sp³-hybridized carbons (Fsp3) is 0.208. The molecule has 0 saturated carbocycles. The Morgan fingerprint density at radius 1 is 1.07 bits per heavy atom. The van der Waals surface area contributed by atoms with E-state index >= 15 is 0 Å². The molecule has 1 aliphatic carbocycles. The lowest BCUT2D eigenvalue weighted by Gasteiger charge is -2.10. The first kappa shape index (κ1) is 18.9. The van der Waals surface area contributed by atoms with Gasteiger partial charge in [-0.1, -0.05) is 42.1 Å². The van der Waals surface area contributed by atoms with Crippen molar-refractivity contribution in [3.63, 3.8) is 0 Å². The van der Waals surface area contributed by atoms with Gasteiger partial charge in [0.05, 0.1) is 17.6 Å². The summed E-state index contributed by atoms with van der Waals surface area (Å²) in [6.45, 7) is 1.91. The first-order valence-electron chi connectivity index (χ1n) is 10.0. The molecule has 1 aliphatic rings. The first-order chi connectivity index (χ1) is 14.7. The highest BCUT2D eigenvalue weighted by molar-refractivity contribution is 7.99. The summed E-state index contributed by atoms with van der Waals surface area (Å²) in [5.74, 6) is 1.91. The molecule has 0 saturated heterocycles. The zero-order chi connectivity index (χ0) is 20.5. The van der Waals surface area contributed by atoms with Gasteiger partial charge in [-0.2, -0.15) is 0 Å². The van der Waals surface area contributed by atoms with E-state index in [0.29, 0.717) is 16.7 Å². The lowest BCUT2D eigenvalue weighted by atomic mass is 10.0. The molecule has 2 heterocycles. The molecule has 2 aromatic heterocycles. The molecular formula is C24H21N3O2S. The van der Waals surface area contributed by atoms with Crippen molar-refractivity contribution < 1.29 is 9.21 Å². The van der Waals surface area contributed by atoms with Gasteiger partial charge in [0.25, 0.3) is 0 Å². The highest BCUT2D eigenvalue weighted by Gasteiger charge is 2.20. The molecule has 2 aromatic carbocycles. The molecule has 0 bridgehead atoms. The number of Topliss-reactive ketones (excluding diaryl/α,β-unsaturated/α-hetero) is 1. The van der Waals surface area contributed by atoms with Crippen molar-refractivity contribution in [3.05, 3.63) is 83.3 Å². The number of rotatable bonds is 6. The monoisotopic (exact) mass is 415 g/mol. The van der Waals surface area contributed by atoms with Crippen molar-refractivity contribution in [2.45, 2.75) is 31.3 Å². The van der Waals surface area contributed by atoms with Crippen LogP contribution in [-0.4, -0.2) is 26.3 Å². The summed E-state index contributed by atoms with van der Waals surface area (Å²) in [7, 11) is 0. The van der Waals surface area contributed by atoms with Crippen LogP contribution < -0.4 is 0 Å². The van der Waals surface area contributed by atoms with E-state index in [-0.39, 0.29) is 5.78 Å². The minimum absolute atomic E-state index is 0.110. The zero-order valence-corrected chi connectivity index (χ0v) is 17.5. The molecule has 0 unspecified atom stereocenters. The van der Waals surface area contributed by atoms with Crippen molar-refractivity contribution in [1.82, 2.24) is 14.8 Å². The lowest BCUT2D eigenvalue weighted by Crippen LogP contribution is -2.05. The normalized spacial score (nSPS) is 12.8. The Kier molecular flexibility index (Phi) is 5.01. The van der Waals surface area contributed by atoms with Gasteiger partial charge in [-0.05, 0) is 61.6 Å². The van der Waals surface area contributed by atoms with E-state index in [9.17, 15) is 4.79 Å². The van der Waals surface area contributed by atoms with Gasteiger partial charge in [0, 0.05) is 11.3 Å². The third-order valence-corrected chi connectivity index (χ3v) is 6.43. The summed E-state index contributed by atoms with van der Waals surface area (Å²) in [6, 6.07) is 18.0. The van der Waals surface area contributed by atoms with Crippen molar-refractivity contribution in [1.29, 1.82) is 0 Å². The van der Waals surface area contributed by atoms with Crippen LogP contribution in [0.3, 0.4) is 0 Å². The Hall–Kier alpha value is -3.12. The molecular weight excluding hydrogens is 394 g/mol. The maximum atomic E-state index is 12.9.